The summed E-state index contributed by atoms with van der Waals surface area (Å²) < 4.78 is 10.8. The predicted octanol–water partition coefficient (Wildman–Crippen LogP) is 3.27. The molecule has 2 aromatic carbocycles. The smallest absolute Gasteiger partial charge is 0.258 e. The average Bonchev–Trinajstić information content (AvgIpc) is 2.70. The monoisotopic (exact) mass is 356 g/mol. The van der Waals surface area contributed by atoms with Crippen LogP contribution < -0.4 is 14.8 Å². The summed E-state index contributed by atoms with van der Waals surface area (Å²) in [4.78, 5) is 14.5. The second kappa shape index (κ2) is 10.5. The lowest BCUT2D eigenvalue weighted by Crippen LogP contribution is -2.39. The summed E-state index contributed by atoms with van der Waals surface area (Å²) in [5.41, 5.74) is 1.12. The zero-order chi connectivity index (χ0) is 18.8. The van der Waals surface area contributed by atoms with Crippen LogP contribution >= 0.6 is 0 Å². The van der Waals surface area contributed by atoms with Gasteiger partial charge in [0.1, 0.15) is 11.5 Å². The second-order valence-corrected chi connectivity index (χ2v) is 5.92. The van der Waals surface area contributed by atoms with Gasteiger partial charge in [-0.25, -0.2) is 0 Å². The van der Waals surface area contributed by atoms with Crippen molar-refractivity contribution in [3.8, 4) is 11.5 Å². The Morgan fingerprint density at radius 2 is 1.73 bits per heavy atom. The minimum Gasteiger partial charge on any atom is -0.497 e. The highest BCUT2D eigenvalue weighted by Crippen LogP contribution is 2.23. The maximum absolute atomic E-state index is 12.2. The maximum atomic E-state index is 12.2. The number of amides is 1. The summed E-state index contributed by atoms with van der Waals surface area (Å²) in [5, 5.41) is 2.99. The molecule has 0 saturated heterocycles. The Balaban J connectivity index is 1.98. The SMILES string of the molecule is CCN(CC)C(CNC(=O)COc1ccccc1)c1cccc(OC)c1. The molecule has 2 rings (SSSR count). The van der Waals surface area contributed by atoms with Crippen LogP contribution in [-0.4, -0.2) is 44.2 Å². The van der Waals surface area contributed by atoms with Crippen molar-refractivity contribution in [3.63, 3.8) is 0 Å². The van der Waals surface area contributed by atoms with Gasteiger partial charge in [-0.3, -0.25) is 9.69 Å². The van der Waals surface area contributed by atoms with E-state index < -0.39 is 0 Å². The molecule has 0 fully saturated rings. The van der Waals surface area contributed by atoms with Gasteiger partial charge in [0, 0.05) is 6.54 Å². The molecule has 0 spiro atoms. The third-order valence-electron chi connectivity index (χ3n) is 4.34. The van der Waals surface area contributed by atoms with Crippen LogP contribution in [0.5, 0.6) is 11.5 Å². The van der Waals surface area contributed by atoms with Crippen LogP contribution in [0.1, 0.15) is 25.5 Å². The predicted molar refractivity (Wildman–Crippen MR) is 104 cm³/mol. The molecule has 26 heavy (non-hydrogen) atoms. The molecular formula is C21H28N2O3. The Kier molecular flexibility index (Phi) is 7.96. The molecule has 0 aliphatic carbocycles. The fourth-order valence-corrected chi connectivity index (χ4v) is 2.90. The lowest BCUT2D eigenvalue weighted by atomic mass is 10.0. The molecule has 1 unspecified atom stereocenters. The highest BCUT2D eigenvalue weighted by Gasteiger charge is 2.19. The zero-order valence-electron chi connectivity index (χ0n) is 15.8. The second-order valence-electron chi connectivity index (χ2n) is 5.92. The molecule has 2 aromatic rings. The van der Waals surface area contributed by atoms with E-state index in [1.807, 2.05) is 48.5 Å². The first-order valence-electron chi connectivity index (χ1n) is 9.00. The van der Waals surface area contributed by atoms with Gasteiger partial charge in [-0.2, -0.15) is 0 Å². The Labute approximate surface area is 155 Å². The van der Waals surface area contributed by atoms with E-state index in [1.54, 1.807) is 7.11 Å². The van der Waals surface area contributed by atoms with Crippen LogP contribution in [-0.2, 0) is 4.79 Å². The first-order valence-corrected chi connectivity index (χ1v) is 9.00. The van der Waals surface area contributed by atoms with E-state index >= 15 is 0 Å². The first kappa shape index (κ1) is 19.8. The number of likely N-dealkylation sites (N-methyl/N-ethyl adjacent to an activating group) is 1. The number of benzene rings is 2. The zero-order valence-corrected chi connectivity index (χ0v) is 15.8. The molecule has 0 aromatic heterocycles. The summed E-state index contributed by atoms with van der Waals surface area (Å²) in [6.45, 7) is 6.57. The Bertz CT molecular complexity index is 672. The number of para-hydroxylation sites is 1. The Morgan fingerprint density at radius 3 is 2.38 bits per heavy atom. The van der Waals surface area contributed by atoms with Gasteiger partial charge in [0.2, 0.25) is 0 Å². The molecular weight excluding hydrogens is 328 g/mol. The summed E-state index contributed by atoms with van der Waals surface area (Å²) in [6, 6.07) is 17.4. The molecule has 1 atom stereocenters. The molecule has 0 saturated carbocycles. The number of carbonyl (C=O) groups excluding carboxylic acids is 1. The van der Waals surface area contributed by atoms with E-state index in [0.29, 0.717) is 12.3 Å². The van der Waals surface area contributed by atoms with Crippen LogP contribution in [0.25, 0.3) is 0 Å². The van der Waals surface area contributed by atoms with Crippen molar-refractivity contribution in [1.82, 2.24) is 10.2 Å². The Hall–Kier alpha value is -2.53. The largest absolute Gasteiger partial charge is 0.497 e. The number of nitrogens with zero attached hydrogens (tertiary/aromatic N) is 1. The van der Waals surface area contributed by atoms with Crippen LogP contribution in [0.3, 0.4) is 0 Å². The number of rotatable bonds is 10. The molecule has 5 nitrogen and oxygen atoms in total. The van der Waals surface area contributed by atoms with Crippen LogP contribution in [0.2, 0.25) is 0 Å². The normalized spacial score (nSPS) is 11.8. The van der Waals surface area contributed by atoms with E-state index in [2.05, 4.69) is 30.1 Å². The van der Waals surface area contributed by atoms with Gasteiger partial charge in [-0.15, -0.1) is 0 Å². The van der Waals surface area contributed by atoms with Gasteiger partial charge in [0.05, 0.1) is 13.2 Å². The van der Waals surface area contributed by atoms with Gasteiger partial charge in [-0.05, 0) is 42.9 Å². The highest BCUT2D eigenvalue weighted by atomic mass is 16.5. The molecule has 5 heteroatoms. The number of ether oxygens (including phenoxy) is 2. The summed E-state index contributed by atoms with van der Waals surface area (Å²) in [7, 11) is 1.66. The third kappa shape index (κ3) is 5.77. The molecule has 140 valence electrons. The van der Waals surface area contributed by atoms with E-state index in [-0.39, 0.29) is 18.6 Å². The number of carbonyl (C=O) groups is 1. The van der Waals surface area contributed by atoms with Gasteiger partial charge < -0.3 is 14.8 Å². The van der Waals surface area contributed by atoms with Crippen molar-refractivity contribution in [1.29, 1.82) is 0 Å². The number of hydrogen-bond acceptors (Lipinski definition) is 4. The fraction of sp³-hybridized carbons (Fsp3) is 0.381. The molecule has 0 bridgehead atoms. The molecule has 1 amide bonds. The van der Waals surface area contributed by atoms with Crippen molar-refractivity contribution in [2.45, 2.75) is 19.9 Å². The lowest BCUT2D eigenvalue weighted by molar-refractivity contribution is -0.123. The number of nitrogens with one attached hydrogen (secondary N) is 1. The van der Waals surface area contributed by atoms with Crippen LogP contribution in [0, 0.1) is 0 Å². The Morgan fingerprint density at radius 1 is 1.04 bits per heavy atom. The summed E-state index contributed by atoms with van der Waals surface area (Å²) >= 11 is 0. The maximum Gasteiger partial charge on any atom is 0.258 e. The van der Waals surface area contributed by atoms with Gasteiger partial charge >= 0.3 is 0 Å². The lowest BCUT2D eigenvalue weighted by Gasteiger charge is -2.30. The quantitative estimate of drug-likeness (QED) is 0.710. The van der Waals surface area contributed by atoms with E-state index in [0.717, 1.165) is 24.4 Å². The summed E-state index contributed by atoms with van der Waals surface area (Å²) in [6.07, 6.45) is 0. The van der Waals surface area contributed by atoms with Gasteiger partial charge in [0.25, 0.3) is 5.91 Å². The van der Waals surface area contributed by atoms with Crippen molar-refractivity contribution >= 4 is 5.91 Å². The van der Waals surface area contributed by atoms with Crippen LogP contribution in [0.15, 0.2) is 54.6 Å². The van der Waals surface area contributed by atoms with Crippen molar-refractivity contribution < 1.29 is 14.3 Å². The van der Waals surface area contributed by atoms with Gasteiger partial charge in [-0.1, -0.05) is 44.2 Å². The molecule has 0 heterocycles. The third-order valence-corrected chi connectivity index (χ3v) is 4.34. The molecule has 1 N–H and O–H groups in total. The van der Waals surface area contributed by atoms with Gasteiger partial charge in [0.15, 0.2) is 6.61 Å². The number of methoxy groups -OCH3 is 1. The topological polar surface area (TPSA) is 50.8 Å². The van der Waals surface area contributed by atoms with E-state index in [4.69, 9.17) is 9.47 Å². The van der Waals surface area contributed by atoms with Crippen molar-refractivity contribution in [3.05, 3.63) is 60.2 Å². The van der Waals surface area contributed by atoms with E-state index in [1.165, 1.54) is 0 Å². The minimum atomic E-state index is -0.131. The molecule has 0 aliphatic rings. The fourth-order valence-electron chi connectivity index (χ4n) is 2.90. The first-order chi connectivity index (χ1) is 12.7. The standard InChI is InChI=1S/C21H28N2O3/c1-4-23(5-2)20(17-10-9-13-19(14-17)25-3)15-22-21(24)16-26-18-11-7-6-8-12-18/h6-14,20H,4-5,15-16H2,1-3H3,(H,22,24). The summed E-state index contributed by atoms with van der Waals surface area (Å²) in [5.74, 6) is 1.38. The highest BCUT2D eigenvalue weighted by molar-refractivity contribution is 5.77. The molecule has 0 aliphatic heterocycles. The number of hydrogen-bond donors (Lipinski definition) is 1. The van der Waals surface area contributed by atoms with Crippen molar-refractivity contribution in [2.75, 3.05) is 33.4 Å². The van der Waals surface area contributed by atoms with Crippen molar-refractivity contribution in [2.24, 2.45) is 0 Å². The molecule has 0 radical (unpaired) electrons. The minimum absolute atomic E-state index is 0.00704. The average molecular weight is 356 g/mol. The van der Waals surface area contributed by atoms with E-state index in [9.17, 15) is 4.79 Å². The van der Waals surface area contributed by atoms with Crippen LogP contribution in [0.4, 0.5) is 0 Å².